The highest BCUT2D eigenvalue weighted by Gasteiger charge is 2.29. The first-order valence-electron chi connectivity index (χ1n) is 4.36. The molecule has 0 spiro atoms. The van der Waals surface area contributed by atoms with Gasteiger partial charge in [0.2, 0.25) is 5.95 Å². The van der Waals surface area contributed by atoms with Crippen molar-refractivity contribution in [3.05, 3.63) is 5.82 Å². The quantitative estimate of drug-likeness (QED) is 0.479. The molecule has 2 rings (SSSR count). The van der Waals surface area contributed by atoms with Gasteiger partial charge in [0.1, 0.15) is 0 Å². The van der Waals surface area contributed by atoms with Crippen LogP contribution in [0.2, 0.25) is 0 Å². The second-order valence-electron chi connectivity index (χ2n) is 3.53. The SMILES string of the molecule is CC1CNCC1c1nnc(N)n1N. The first-order valence-corrected chi connectivity index (χ1v) is 4.36. The van der Waals surface area contributed by atoms with Gasteiger partial charge in [0.25, 0.3) is 0 Å². The second kappa shape index (κ2) is 2.88. The summed E-state index contributed by atoms with van der Waals surface area (Å²) in [5.74, 6) is 7.59. The highest BCUT2D eigenvalue weighted by atomic mass is 15.4. The summed E-state index contributed by atoms with van der Waals surface area (Å²) in [5, 5.41) is 11.0. The molecule has 0 aromatic carbocycles. The number of nitrogen functional groups attached to an aromatic ring is 2. The predicted molar refractivity (Wildman–Crippen MR) is 49.4 cm³/mol. The number of anilines is 1. The number of hydrogen-bond acceptors (Lipinski definition) is 5. The molecule has 1 aromatic rings. The van der Waals surface area contributed by atoms with E-state index < -0.39 is 0 Å². The van der Waals surface area contributed by atoms with Crippen molar-refractivity contribution in [2.24, 2.45) is 5.92 Å². The van der Waals surface area contributed by atoms with E-state index in [1.165, 1.54) is 4.68 Å². The fraction of sp³-hybridized carbons (Fsp3) is 0.714. The highest BCUT2D eigenvalue weighted by molar-refractivity contribution is 5.20. The lowest BCUT2D eigenvalue weighted by atomic mass is 9.98. The minimum Gasteiger partial charge on any atom is -0.366 e. The van der Waals surface area contributed by atoms with Crippen molar-refractivity contribution in [3.63, 3.8) is 0 Å². The van der Waals surface area contributed by atoms with Crippen LogP contribution in [-0.4, -0.2) is 28.0 Å². The lowest BCUT2D eigenvalue weighted by Gasteiger charge is -2.12. The number of hydrogen-bond donors (Lipinski definition) is 3. The van der Waals surface area contributed by atoms with Gasteiger partial charge < -0.3 is 16.9 Å². The van der Waals surface area contributed by atoms with Crippen LogP contribution in [0.25, 0.3) is 0 Å². The minimum absolute atomic E-state index is 0.272. The van der Waals surface area contributed by atoms with Crippen molar-refractivity contribution < 1.29 is 0 Å². The van der Waals surface area contributed by atoms with E-state index in [2.05, 4.69) is 22.4 Å². The van der Waals surface area contributed by atoms with Gasteiger partial charge in [-0.1, -0.05) is 6.92 Å². The zero-order valence-electron chi connectivity index (χ0n) is 7.57. The smallest absolute Gasteiger partial charge is 0.240 e. The summed E-state index contributed by atoms with van der Waals surface area (Å²) in [7, 11) is 0. The standard InChI is InChI=1S/C7H14N6/c1-4-2-10-3-5(4)6-11-12-7(8)13(6)9/h4-5,10H,2-3,9H2,1H3,(H2,8,12). The zero-order chi connectivity index (χ0) is 9.42. The van der Waals surface area contributed by atoms with Crippen molar-refractivity contribution in [1.29, 1.82) is 0 Å². The molecule has 13 heavy (non-hydrogen) atoms. The van der Waals surface area contributed by atoms with Crippen molar-refractivity contribution in [2.75, 3.05) is 24.7 Å². The summed E-state index contributed by atoms with van der Waals surface area (Å²) in [6.07, 6.45) is 0. The summed E-state index contributed by atoms with van der Waals surface area (Å²) in [6.45, 7) is 4.06. The molecule has 1 aliphatic heterocycles. The Kier molecular flexibility index (Phi) is 1.84. The largest absolute Gasteiger partial charge is 0.366 e. The zero-order valence-corrected chi connectivity index (χ0v) is 7.57. The van der Waals surface area contributed by atoms with Gasteiger partial charge in [-0.25, -0.2) is 4.68 Å². The maximum absolute atomic E-state index is 5.68. The fourth-order valence-corrected chi connectivity index (χ4v) is 1.72. The summed E-state index contributed by atoms with van der Waals surface area (Å²) < 4.78 is 1.37. The Balaban J connectivity index is 2.29. The van der Waals surface area contributed by atoms with Crippen molar-refractivity contribution >= 4 is 5.95 Å². The maximum atomic E-state index is 5.68. The molecule has 0 bridgehead atoms. The summed E-state index contributed by atoms with van der Waals surface area (Å²) in [6, 6.07) is 0. The Morgan fingerprint density at radius 1 is 1.46 bits per heavy atom. The van der Waals surface area contributed by atoms with E-state index in [1.54, 1.807) is 0 Å². The molecule has 5 N–H and O–H groups in total. The van der Waals surface area contributed by atoms with Crippen molar-refractivity contribution in [1.82, 2.24) is 20.2 Å². The van der Waals surface area contributed by atoms with E-state index >= 15 is 0 Å². The van der Waals surface area contributed by atoms with Crippen LogP contribution >= 0.6 is 0 Å². The molecule has 1 aromatic heterocycles. The molecule has 6 nitrogen and oxygen atoms in total. The molecule has 2 unspecified atom stereocenters. The lowest BCUT2D eigenvalue weighted by Crippen LogP contribution is -2.21. The Morgan fingerprint density at radius 3 is 2.69 bits per heavy atom. The second-order valence-corrected chi connectivity index (χ2v) is 3.53. The molecular formula is C7H14N6. The topological polar surface area (TPSA) is 94.8 Å². The number of nitrogens with zero attached hydrogens (tertiary/aromatic N) is 3. The third-order valence-corrected chi connectivity index (χ3v) is 2.60. The lowest BCUT2D eigenvalue weighted by molar-refractivity contribution is 0.534. The van der Waals surface area contributed by atoms with Gasteiger partial charge in [-0.05, 0) is 12.5 Å². The van der Waals surface area contributed by atoms with Crippen molar-refractivity contribution in [3.8, 4) is 0 Å². The van der Waals surface area contributed by atoms with Crippen LogP contribution in [0.15, 0.2) is 0 Å². The Hall–Kier alpha value is -1.30. The van der Waals surface area contributed by atoms with Crippen LogP contribution in [0.1, 0.15) is 18.7 Å². The number of rotatable bonds is 1. The van der Waals surface area contributed by atoms with E-state index in [4.69, 9.17) is 11.6 Å². The fourth-order valence-electron chi connectivity index (χ4n) is 1.72. The summed E-state index contributed by atoms with van der Waals surface area (Å²) in [5.41, 5.74) is 5.50. The monoisotopic (exact) mass is 182 g/mol. The minimum atomic E-state index is 0.272. The third-order valence-electron chi connectivity index (χ3n) is 2.60. The highest BCUT2D eigenvalue weighted by Crippen LogP contribution is 2.25. The van der Waals surface area contributed by atoms with E-state index in [1.807, 2.05) is 0 Å². The molecule has 1 aliphatic rings. The molecule has 2 heterocycles. The summed E-state index contributed by atoms with van der Waals surface area (Å²) >= 11 is 0. The normalized spacial score (nSPS) is 28.1. The number of aromatic nitrogens is 3. The van der Waals surface area contributed by atoms with E-state index in [-0.39, 0.29) is 5.95 Å². The van der Waals surface area contributed by atoms with E-state index in [9.17, 15) is 0 Å². The molecule has 0 aliphatic carbocycles. The Labute approximate surface area is 76.3 Å². The van der Waals surface area contributed by atoms with Gasteiger partial charge in [-0.3, -0.25) is 0 Å². The molecule has 6 heteroatoms. The van der Waals surface area contributed by atoms with Gasteiger partial charge in [0, 0.05) is 12.5 Å². The van der Waals surface area contributed by atoms with Gasteiger partial charge in [-0.2, -0.15) is 0 Å². The first-order chi connectivity index (χ1) is 6.20. The Bertz CT molecular complexity index is 306. The van der Waals surface area contributed by atoms with Gasteiger partial charge in [0.15, 0.2) is 5.82 Å². The first kappa shape index (κ1) is 8.31. The molecule has 72 valence electrons. The molecule has 0 radical (unpaired) electrons. The molecular weight excluding hydrogens is 168 g/mol. The Morgan fingerprint density at radius 2 is 2.23 bits per heavy atom. The van der Waals surface area contributed by atoms with Crippen LogP contribution in [0.3, 0.4) is 0 Å². The third kappa shape index (κ3) is 1.23. The molecule has 0 amide bonds. The van der Waals surface area contributed by atoms with Gasteiger partial charge >= 0.3 is 0 Å². The molecule has 0 saturated carbocycles. The predicted octanol–water partition coefficient (Wildman–Crippen LogP) is -1.10. The average Bonchev–Trinajstić information content (AvgIpc) is 2.62. The van der Waals surface area contributed by atoms with Crippen LogP contribution in [0.4, 0.5) is 5.95 Å². The maximum Gasteiger partial charge on any atom is 0.240 e. The van der Waals surface area contributed by atoms with Crippen LogP contribution in [-0.2, 0) is 0 Å². The molecule has 2 atom stereocenters. The molecule has 1 saturated heterocycles. The number of nitrogens with one attached hydrogen (secondary N) is 1. The van der Waals surface area contributed by atoms with Crippen LogP contribution in [0.5, 0.6) is 0 Å². The van der Waals surface area contributed by atoms with Gasteiger partial charge in [-0.15, -0.1) is 10.2 Å². The summed E-state index contributed by atoms with van der Waals surface area (Å²) in [4.78, 5) is 0. The van der Waals surface area contributed by atoms with Crippen molar-refractivity contribution in [2.45, 2.75) is 12.8 Å². The molecule has 1 fully saturated rings. The number of nitrogens with two attached hydrogens (primary N) is 2. The van der Waals surface area contributed by atoms with Crippen LogP contribution < -0.4 is 16.9 Å². The van der Waals surface area contributed by atoms with Gasteiger partial charge in [0.05, 0.1) is 0 Å². The van der Waals surface area contributed by atoms with Crippen LogP contribution in [0, 0.1) is 5.92 Å². The van der Waals surface area contributed by atoms with E-state index in [0.29, 0.717) is 11.8 Å². The van der Waals surface area contributed by atoms with E-state index in [0.717, 1.165) is 18.9 Å². The average molecular weight is 182 g/mol.